The van der Waals surface area contributed by atoms with Crippen molar-refractivity contribution in [3.8, 4) is 0 Å². The molecule has 0 aliphatic carbocycles. The van der Waals surface area contributed by atoms with Crippen LogP contribution < -0.4 is 5.32 Å². The molecule has 0 atom stereocenters. The van der Waals surface area contributed by atoms with Crippen molar-refractivity contribution in [1.29, 1.82) is 0 Å². The molecule has 0 saturated carbocycles. The van der Waals surface area contributed by atoms with Gasteiger partial charge >= 0.3 is 0 Å². The highest BCUT2D eigenvalue weighted by Gasteiger charge is 2.21. The van der Waals surface area contributed by atoms with Crippen LogP contribution in [0.3, 0.4) is 0 Å². The van der Waals surface area contributed by atoms with E-state index in [0.29, 0.717) is 29.5 Å². The Hall–Kier alpha value is -2.34. The lowest BCUT2D eigenvalue weighted by molar-refractivity contribution is 0.0766. The van der Waals surface area contributed by atoms with Crippen LogP contribution in [0.1, 0.15) is 40.4 Å². The first kappa shape index (κ1) is 18.0. The molecular formula is C17H21ClN4O2. The number of carbonyl (C=O) groups is 2. The van der Waals surface area contributed by atoms with Crippen molar-refractivity contribution in [2.75, 3.05) is 18.4 Å². The van der Waals surface area contributed by atoms with Gasteiger partial charge in [0.05, 0.1) is 0 Å². The van der Waals surface area contributed by atoms with Gasteiger partial charge in [0.2, 0.25) is 0 Å². The third-order valence-corrected chi connectivity index (χ3v) is 4.31. The van der Waals surface area contributed by atoms with Crippen LogP contribution in [0.15, 0.2) is 24.3 Å². The average Bonchev–Trinajstić information content (AvgIpc) is 2.95. The minimum atomic E-state index is -0.339. The molecule has 24 heavy (non-hydrogen) atoms. The molecule has 0 saturated heterocycles. The summed E-state index contributed by atoms with van der Waals surface area (Å²) in [5.41, 5.74) is 1.98. The molecule has 0 bridgehead atoms. The fraction of sp³-hybridized carbons (Fsp3) is 0.353. The van der Waals surface area contributed by atoms with Gasteiger partial charge in [-0.05, 0) is 38.5 Å². The van der Waals surface area contributed by atoms with Gasteiger partial charge in [0.25, 0.3) is 11.8 Å². The summed E-state index contributed by atoms with van der Waals surface area (Å²) in [7, 11) is 1.64. The number of rotatable bonds is 5. The lowest BCUT2D eigenvalue weighted by Crippen LogP contribution is -2.30. The molecule has 128 valence electrons. The lowest BCUT2D eigenvalue weighted by atomic mass is 10.2. The summed E-state index contributed by atoms with van der Waals surface area (Å²) in [4.78, 5) is 26.5. The second kappa shape index (κ2) is 7.49. The van der Waals surface area contributed by atoms with Crippen molar-refractivity contribution in [3.05, 3.63) is 46.2 Å². The van der Waals surface area contributed by atoms with Gasteiger partial charge < -0.3 is 10.2 Å². The highest BCUT2D eigenvalue weighted by Crippen LogP contribution is 2.23. The van der Waals surface area contributed by atoms with Gasteiger partial charge in [-0.2, -0.15) is 5.10 Å². The SMILES string of the molecule is CCN(CC)C(=O)c1cc(C(=O)Nc2cccc(Cl)c2C)n(C)n1. The molecule has 0 aliphatic heterocycles. The maximum Gasteiger partial charge on any atom is 0.274 e. The molecule has 1 aromatic carbocycles. The molecular weight excluding hydrogens is 328 g/mol. The van der Waals surface area contributed by atoms with Crippen LogP contribution >= 0.6 is 11.6 Å². The Morgan fingerprint density at radius 3 is 2.58 bits per heavy atom. The number of aromatic nitrogens is 2. The van der Waals surface area contributed by atoms with Gasteiger partial charge in [-0.15, -0.1) is 0 Å². The van der Waals surface area contributed by atoms with E-state index in [2.05, 4.69) is 10.4 Å². The lowest BCUT2D eigenvalue weighted by Gasteiger charge is -2.16. The topological polar surface area (TPSA) is 67.2 Å². The smallest absolute Gasteiger partial charge is 0.274 e. The van der Waals surface area contributed by atoms with Crippen molar-refractivity contribution in [2.24, 2.45) is 7.05 Å². The number of nitrogens with one attached hydrogen (secondary N) is 1. The van der Waals surface area contributed by atoms with Gasteiger partial charge in [0, 0.05) is 36.9 Å². The Bertz CT molecular complexity index is 766. The van der Waals surface area contributed by atoms with Crippen molar-refractivity contribution >= 4 is 29.1 Å². The average molecular weight is 349 g/mol. The molecule has 1 heterocycles. The van der Waals surface area contributed by atoms with Crippen molar-refractivity contribution in [3.63, 3.8) is 0 Å². The summed E-state index contributed by atoms with van der Waals surface area (Å²) in [6.07, 6.45) is 0. The van der Waals surface area contributed by atoms with Crippen LogP contribution in [0.2, 0.25) is 5.02 Å². The summed E-state index contributed by atoms with van der Waals surface area (Å²) < 4.78 is 1.41. The fourth-order valence-electron chi connectivity index (χ4n) is 2.39. The Balaban J connectivity index is 2.25. The van der Waals surface area contributed by atoms with Gasteiger partial charge in [0.15, 0.2) is 5.69 Å². The van der Waals surface area contributed by atoms with E-state index in [1.54, 1.807) is 30.1 Å². The summed E-state index contributed by atoms with van der Waals surface area (Å²) in [5.74, 6) is -0.525. The summed E-state index contributed by atoms with van der Waals surface area (Å²) in [6.45, 7) is 6.82. The van der Waals surface area contributed by atoms with Crippen LogP contribution in [0.4, 0.5) is 5.69 Å². The summed E-state index contributed by atoms with van der Waals surface area (Å²) in [6, 6.07) is 6.81. The molecule has 7 heteroatoms. The standard InChI is InChI=1S/C17H21ClN4O2/c1-5-22(6-2)17(24)14-10-15(21(4)20-14)16(23)19-13-9-7-8-12(18)11(13)3/h7-10H,5-6H2,1-4H3,(H,19,23). The number of hydrogen-bond donors (Lipinski definition) is 1. The summed E-state index contributed by atoms with van der Waals surface area (Å²) >= 11 is 6.07. The highest BCUT2D eigenvalue weighted by atomic mass is 35.5. The van der Waals surface area contributed by atoms with E-state index >= 15 is 0 Å². The first-order chi connectivity index (χ1) is 11.4. The molecule has 0 aliphatic rings. The van der Waals surface area contributed by atoms with Gasteiger partial charge in [-0.3, -0.25) is 14.3 Å². The van der Waals surface area contributed by atoms with Crippen LogP contribution in [-0.2, 0) is 7.05 Å². The van der Waals surface area contributed by atoms with Crippen LogP contribution in [0.5, 0.6) is 0 Å². The molecule has 1 N–H and O–H groups in total. The molecule has 0 fully saturated rings. The maximum atomic E-state index is 12.5. The number of benzene rings is 1. The minimum absolute atomic E-state index is 0.186. The monoisotopic (exact) mass is 348 g/mol. The van der Waals surface area contributed by atoms with Gasteiger partial charge in [0.1, 0.15) is 5.69 Å². The number of carbonyl (C=O) groups excluding carboxylic acids is 2. The van der Waals surface area contributed by atoms with Crippen LogP contribution in [0, 0.1) is 6.92 Å². The number of hydrogen-bond acceptors (Lipinski definition) is 3. The summed E-state index contributed by atoms with van der Waals surface area (Å²) in [5, 5.41) is 7.56. The van der Waals surface area contributed by atoms with Crippen LogP contribution in [0.25, 0.3) is 0 Å². The first-order valence-corrected chi connectivity index (χ1v) is 8.16. The maximum absolute atomic E-state index is 12.5. The first-order valence-electron chi connectivity index (χ1n) is 7.78. The van der Waals surface area contributed by atoms with Gasteiger partial charge in [-0.25, -0.2) is 0 Å². The Morgan fingerprint density at radius 2 is 1.96 bits per heavy atom. The Labute approximate surface area is 146 Å². The zero-order valence-electron chi connectivity index (χ0n) is 14.3. The minimum Gasteiger partial charge on any atom is -0.338 e. The van der Waals surface area contributed by atoms with Crippen molar-refractivity contribution < 1.29 is 9.59 Å². The Kier molecular flexibility index (Phi) is 5.62. The number of anilines is 1. The Morgan fingerprint density at radius 1 is 1.29 bits per heavy atom. The van der Waals surface area contributed by atoms with E-state index < -0.39 is 0 Å². The van der Waals surface area contributed by atoms with E-state index in [9.17, 15) is 9.59 Å². The second-order valence-corrected chi connectivity index (χ2v) is 5.79. The number of halogens is 1. The van der Waals surface area contributed by atoms with Crippen molar-refractivity contribution in [1.82, 2.24) is 14.7 Å². The zero-order chi connectivity index (χ0) is 17.9. The molecule has 2 aromatic rings. The quantitative estimate of drug-likeness (QED) is 0.902. The van der Waals surface area contributed by atoms with E-state index in [1.165, 1.54) is 10.7 Å². The normalized spacial score (nSPS) is 10.5. The zero-order valence-corrected chi connectivity index (χ0v) is 15.0. The molecule has 6 nitrogen and oxygen atoms in total. The molecule has 2 amide bonds. The molecule has 1 aromatic heterocycles. The number of aryl methyl sites for hydroxylation is 1. The molecule has 2 rings (SSSR count). The van der Waals surface area contributed by atoms with E-state index in [4.69, 9.17) is 11.6 Å². The predicted octanol–water partition coefficient (Wildman–Crippen LogP) is 3.12. The third-order valence-electron chi connectivity index (χ3n) is 3.90. The molecule has 0 radical (unpaired) electrons. The molecule has 0 unspecified atom stereocenters. The van der Waals surface area contributed by atoms with E-state index in [0.717, 1.165) is 5.56 Å². The van der Waals surface area contributed by atoms with Crippen LogP contribution in [-0.4, -0.2) is 39.6 Å². The van der Waals surface area contributed by atoms with Gasteiger partial charge in [-0.1, -0.05) is 17.7 Å². The van der Waals surface area contributed by atoms with E-state index in [1.807, 2.05) is 20.8 Å². The predicted molar refractivity (Wildman–Crippen MR) is 94.6 cm³/mol. The highest BCUT2D eigenvalue weighted by molar-refractivity contribution is 6.31. The molecule has 0 spiro atoms. The largest absolute Gasteiger partial charge is 0.338 e. The number of amides is 2. The second-order valence-electron chi connectivity index (χ2n) is 5.38. The number of nitrogens with zero attached hydrogens (tertiary/aromatic N) is 3. The van der Waals surface area contributed by atoms with E-state index in [-0.39, 0.29) is 17.5 Å². The third kappa shape index (κ3) is 3.59. The fourth-order valence-corrected chi connectivity index (χ4v) is 2.56. The van der Waals surface area contributed by atoms with Crippen molar-refractivity contribution in [2.45, 2.75) is 20.8 Å².